The first-order valence-electron chi connectivity index (χ1n) is 14.1. The van der Waals surface area contributed by atoms with Gasteiger partial charge in [-0.25, -0.2) is 4.68 Å². The molecule has 1 unspecified atom stereocenters. The average Bonchev–Trinajstić information content (AvgIpc) is 3.42. The summed E-state index contributed by atoms with van der Waals surface area (Å²) in [6, 6.07) is 20.5. The number of fused-ring (bicyclic) bond motifs is 1. The number of thioether (sulfide) groups is 1. The monoisotopic (exact) mass is 663 g/mol. The smallest absolute Gasteiger partial charge is 0.255 e. The van der Waals surface area contributed by atoms with E-state index in [1.54, 1.807) is 23.6 Å². The van der Waals surface area contributed by atoms with Crippen LogP contribution in [-0.2, 0) is 11.4 Å². The number of ether oxygens (including phenoxy) is 3. The molecule has 1 aliphatic rings. The minimum Gasteiger partial charge on any atom is -0.495 e. The summed E-state index contributed by atoms with van der Waals surface area (Å²) in [6.45, 7) is 6.76. The summed E-state index contributed by atoms with van der Waals surface area (Å²) in [5.74, 6) is 2.95. The van der Waals surface area contributed by atoms with Crippen LogP contribution in [-0.4, -0.2) is 40.1 Å². The lowest BCUT2D eigenvalue weighted by molar-refractivity contribution is -0.113. The zero-order valence-electron chi connectivity index (χ0n) is 24.5. The van der Waals surface area contributed by atoms with Crippen LogP contribution < -0.4 is 24.8 Å². The van der Waals surface area contributed by atoms with Crippen molar-refractivity contribution in [2.75, 3.05) is 30.1 Å². The molecule has 9 nitrogen and oxygen atoms in total. The highest BCUT2D eigenvalue weighted by Gasteiger charge is 2.35. The number of hydrogen-bond acceptors (Lipinski definition) is 8. The molecule has 1 atom stereocenters. The Labute approximate surface area is 264 Å². The molecule has 1 aliphatic heterocycles. The molecule has 0 radical (unpaired) electrons. The molecule has 1 aromatic heterocycles. The Hall–Kier alpha value is -3.96. The van der Waals surface area contributed by atoms with Gasteiger partial charge in [0.2, 0.25) is 11.1 Å². The van der Waals surface area contributed by atoms with E-state index in [-0.39, 0.29) is 5.91 Å². The van der Waals surface area contributed by atoms with Crippen LogP contribution in [0.4, 0.5) is 11.6 Å². The van der Waals surface area contributed by atoms with E-state index in [1.165, 1.54) is 0 Å². The number of anilines is 2. The normalized spacial score (nSPS) is 14.1. The van der Waals surface area contributed by atoms with Gasteiger partial charge in [0, 0.05) is 15.9 Å². The Balaban J connectivity index is 1.53. The van der Waals surface area contributed by atoms with Gasteiger partial charge in [-0.1, -0.05) is 64.9 Å². The molecule has 43 heavy (non-hydrogen) atoms. The largest absolute Gasteiger partial charge is 0.495 e. The van der Waals surface area contributed by atoms with E-state index in [2.05, 4.69) is 33.5 Å². The van der Waals surface area contributed by atoms with Crippen molar-refractivity contribution in [2.45, 2.75) is 45.0 Å². The molecule has 0 saturated carbocycles. The summed E-state index contributed by atoms with van der Waals surface area (Å²) in [5.41, 5.74) is 3.60. The van der Waals surface area contributed by atoms with E-state index in [0.29, 0.717) is 58.5 Å². The quantitative estimate of drug-likeness (QED) is 0.151. The molecule has 4 aromatic rings. The van der Waals surface area contributed by atoms with Gasteiger partial charge < -0.3 is 24.8 Å². The van der Waals surface area contributed by atoms with Crippen molar-refractivity contribution in [1.82, 2.24) is 14.8 Å². The number of allylic oxidation sites excluding steroid dienone is 1. The molecule has 11 heteroatoms. The lowest BCUT2D eigenvalue weighted by Gasteiger charge is -2.29. The SMILES string of the molecule is CCCSc1nc2n(n1)C(c1ccc(OCc3ccc(Br)cc3)c(OCC)c1)C(C(=O)Nc1ccccc1OC)=C(C)N2. The van der Waals surface area contributed by atoms with Crippen LogP contribution in [0, 0.1) is 0 Å². The zero-order chi connectivity index (χ0) is 30.3. The van der Waals surface area contributed by atoms with Crippen molar-refractivity contribution in [2.24, 2.45) is 0 Å². The van der Waals surface area contributed by atoms with Gasteiger partial charge in [0.25, 0.3) is 5.91 Å². The third kappa shape index (κ3) is 7.00. The fourth-order valence-corrected chi connectivity index (χ4v) is 5.70. The lowest BCUT2D eigenvalue weighted by atomic mass is 9.94. The number of nitrogens with one attached hydrogen (secondary N) is 2. The second-order valence-electron chi connectivity index (χ2n) is 9.79. The third-order valence-electron chi connectivity index (χ3n) is 6.76. The molecule has 5 rings (SSSR count). The second kappa shape index (κ2) is 14.0. The molecular weight excluding hydrogens is 630 g/mol. The number of carbonyl (C=O) groups excluding carboxylic acids is 1. The molecule has 1 amide bonds. The van der Waals surface area contributed by atoms with Gasteiger partial charge in [0.05, 0.1) is 25.0 Å². The fourth-order valence-electron chi connectivity index (χ4n) is 4.75. The van der Waals surface area contributed by atoms with Crippen LogP contribution in [0.15, 0.2) is 87.6 Å². The van der Waals surface area contributed by atoms with Gasteiger partial charge in [0.1, 0.15) is 18.4 Å². The maximum atomic E-state index is 14.0. The molecule has 2 heterocycles. The first-order chi connectivity index (χ1) is 20.9. The first kappa shape index (κ1) is 30.5. The molecule has 224 valence electrons. The van der Waals surface area contributed by atoms with Gasteiger partial charge in [-0.3, -0.25) is 4.79 Å². The van der Waals surface area contributed by atoms with E-state index in [9.17, 15) is 4.79 Å². The number of hydrogen-bond donors (Lipinski definition) is 2. The Morgan fingerprint density at radius 3 is 2.58 bits per heavy atom. The van der Waals surface area contributed by atoms with Gasteiger partial charge in [-0.15, -0.1) is 5.10 Å². The van der Waals surface area contributed by atoms with Gasteiger partial charge in [-0.2, -0.15) is 4.98 Å². The molecule has 0 fully saturated rings. The van der Waals surface area contributed by atoms with Gasteiger partial charge in [-0.05, 0) is 67.8 Å². The van der Waals surface area contributed by atoms with Crippen molar-refractivity contribution in [3.8, 4) is 17.2 Å². The number of para-hydroxylation sites is 2. The number of benzene rings is 3. The third-order valence-corrected chi connectivity index (χ3v) is 8.33. The highest BCUT2D eigenvalue weighted by molar-refractivity contribution is 9.10. The van der Waals surface area contributed by atoms with Crippen LogP contribution in [0.2, 0.25) is 0 Å². The number of methoxy groups -OCH3 is 1. The second-order valence-corrected chi connectivity index (χ2v) is 11.8. The predicted octanol–water partition coefficient (Wildman–Crippen LogP) is 7.46. The first-order valence-corrected chi connectivity index (χ1v) is 15.8. The molecule has 2 N–H and O–H groups in total. The number of rotatable bonds is 12. The number of carbonyl (C=O) groups is 1. The van der Waals surface area contributed by atoms with Crippen LogP contribution in [0.1, 0.15) is 44.4 Å². The maximum absolute atomic E-state index is 14.0. The fraction of sp³-hybridized carbons (Fsp3) is 0.281. The molecule has 3 aromatic carbocycles. The highest BCUT2D eigenvalue weighted by Crippen LogP contribution is 2.40. The minimum absolute atomic E-state index is 0.281. The van der Waals surface area contributed by atoms with Crippen LogP contribution in [0.5, 0.6) is 17.2 Å². The van der Waals surface area contributed by atoms with Crippen LogP contribution >= 0.6 is 27.7 Å². The Morgan fingerprint density at radius 1 is 1.05 bits per heavy atom. The van der Waals surface area contributed by atoms with Crippen molar-refractivity contribution in [3.05, 3.63) is 93.6 Å². The van der Waals surface area contributed by atoms with E-state index in [0.717, 1.165) is 27.8 Å². The van der Waals surface area contributed by atoms with Crippen molar-refractivity contribution < 1.29 is 19.0 Å². The summed E-state index contributed by atoms with van der Waals surface area (Å²) in [4.78, 5) is 18.7. The summed E-state index contributed by atoms with van der Waals surface area (Å²) in [5, 5.41) is 11.8. The van der Waals surface area contributed by atoms with E-state index in [4.69, 9.17) is 24.3 Å². The van der Waals surface area contributed by atoms with Crippen molar-refractivity contribution >= 4 is 45.2 Å². The Kier molecular flexibility index (Phi) is 9.93. The number of halogens is 1. The maximum Gasteiger partial charge on any atom is 0.255 e. The summed E-state index contributed by atoms with van der Waals surface area (Å²) < 4.78 is 20.5. The summed E-state index contributed by atoms with van der Waals surface area (Å²) in [7, 11) is 1.58. The number of aromatic nitrogens is 3. The standard InChI is InChI=1S/C32H34BrN5O4S/c1-5-17-43-32-36-31-34-20(3)28(30(39)35-24-9-7-8-10-25(24)40-4)29(38(31)37-32)22-13-16-26(27(18-22)41-6-2)42-19-21-11-14-23(33)15-12-21/h7-16,18,29H,5-6,17,19H2,1-4H3,(H,35,39)(H,34,36,37). The molecule has 0 bridgehead atoms. The van der Waals surface area contributed by atoms with E-state index >= 15 is 0 Å². The molecule has 0 saturated heterocycles. The van der Waals surface area contributed by atoms with E-state index < -0.39 is 6.04 Å². The molecule has 0 aliphatic carbocycles. The number of nitrogens with zero attached hydrogens (tertiary/aromatic N) is 3. The lowest BCUT2D eigenvalue weighted by Crippen LogP contribution is -2.31. The Morgan fingerprint density at radius 2 is 1.84 bits per heavy atom. The van der Waals surface area contributed by atoms with Crippen molar-refractivity contribution in [1.29, 1.82) is 0 Å². The minimum atomic E-state index is -0.575. The van der Waals surface area contributed by atoms with Crippen molar-refractivity contribution in [3.63, 3.8) is 0 Å². The van der Waals surface area contributed by atoms with E-state index in [1.807, 2.05) is 80.6 Å². The van der Waals surface area contributed by atoms with Crippen LogP contribution in [0.3, 0.4) is 0 Å². The topological polar surface area (TPSA) is 99.5 Å². The molecule has 0 spiro atoms. The predicted molar refractivity (Wildman–Crippen MR) is 173 cm³/mol. The van der Waals surface area contributed by atoms with Crippen LogP contribution in [0.25, 0.3) is 0 Å². The zero-order valence-corrected chi connectivity index (χ0v) is 26.9. The van der Waals surface area contributed by atoms with Gasteiger partial charge in [0.15, 0.2) is 11.5 Å². The average molecular weight is 665 g/mol. The summed E-state index contributed by atoms with van der Waals surface area (Å²) in [6.07, 6.45) is 0.995. The number of amides is 1. The highest BCUT2D eigenvalue weighted by atomic mass is 79.9. The van der Waals surface area contributed by atoms with Gasteiger partial charge >= 0.3 is 0 Å². The Bertz CT molecular complexity index is 1620. The molecular formula is C32H34BrN5O4S. The summed E-state index contributed by atoms with van der Waals surface area (Å²) >= 11 is 5.06.